The van der Waals surface area contributed by atoms with Crippen LogP contribution in [0.3, 0.4) is 0 Å². The molecule has 64 valence electrons. The van der Waals surface area contributed by atoms with Crippen LogP contribution >= 0.6 is 0 Å². The van der Waals surface area contributed by atoms with Crippen molar-refractivity contribution in [1.82, 2.24) is 0 Å². The van der Waals surface area contributed by atoms with E-state index in [4.69, 9.17) is 0 Å². The van der Waals surface area contributed by atoms with Crippen LogP contribution in [0.15, 0.2) is 24.3 Å². The van der Waals surface area contributed by atoms with Gasteiger partial charge in [0.2, 0.25) is 6.54 Å². The highest BCUT2D eigenvalue weighted by Gasteiger charge is 1.99. The van der Waals surface area contributed by atoms with Gasteiger partial charge in [0, 0.05) is 11.3 Å². The van der Waals surface area contributed by atoms with Gasteiger partial charge in [0.05, 0.1) is 0 Å². The van der Waals surface area contributed by atoms with E-state index in [0.29, 0.717) is 6.42 Å². The first-order chi connectivity index (χ1) is 5.68. The SMILES string of the molecule is O=[N+]([O-])CCc1ccc(F)cc1. The van der Waals surface area contributed by atoms with Crippen LogP contribution in [0, 0.1) is 15.9 Å². The van der Waals surface area contributed by atoms with E-state index < -0.39 is 0 Å². The van der Waals surface area contributed by atoms with Crippen LogP contribution in [0.1, 0.15) is 5.56 Å². The molecule has 0 unspecified atom stereocenters. The molecule has 0 saturated heterocycles. The van der Waals surface area contributed by atoms with Crippen molar-refractivity contribution in [3.8, 4) is 0 Å². The van der Waals surface area contributed by atoms with Crippen LogP contribution in [0.4, 0.5) is 4.39 Å². The third-order valence-corrected chi connectivity index (χ3v) is 1.50. The summed E-state index contributed by atoms with van der Waals surface area (Å²) >= 11 is 0. The lowest BCUT2D eigenvalue weighted by Crippen LogP contribution is -2.03. The standard InChI is InChI=1S/C8H8FNO2/c9-8-3-1-7(2-4-8)5-6-10(11)12/h1-4H,5-6H2. The van der Waals surface area contributed by atoms with Gasteiger partial charge in [0.25, 0.3) is 0 Å². The Labute approximate surface area is 69.0 Å². The average molecular weight is 169 g/mol. The lowest BCUT2D eigenvalue weighted by Gasteiger charge is -1.95. The topological polar surface area (TPSA) is 43.1 Å². The highest BCUT2D eigenvalue weighted by Crippen LogP contribution is 2.02. The lowest BCUT2D eigenvalue weighted by atomic mass is 10.1. The zero-order chi connectivity index (χ0) is 8.97. The van der Waals surface area contributed by atoms with E-state index in [1.165, 1.54) is 12.1 Å². The van der Waals surface area contributed by atoms with Crippen molar-refractivity contribution in [2.24, 2.45) is 0 Å². The minimum absolute atomic E-state index is 0.106. The van der Waals surface area contributed by atoms with Crippen molar-refractivity contribution >= 4 is 0 Å². The number of halogens is 1. The summed E-state index contributed by atoms with van der Waals surface area (Å²) in [5, 5.41) is 9.97. The zero-order valence-electron chi connectivity index (χ0n) is 6.37. The molecule has 0 heterocycles. The van der Waals surface area contributed by atoms with Crippen LogP contribution in [0.25, 0.3) is 0 Å². The molecule has 1 aromatic carbocycles. The van der Waals surface area contributed by atoms with Crippen LogP contribution in [-0.2, 0) is 6.42 Å². The number of nitro groups is 1. The highest BCUT2D eigenvalue weighted by atomic mass is 19.1. The van der Waals surface area contributed by atoms with Gasteiger partial charge in [-0.1, -0.05) is 12.1 Å². The monoisotopic (exact) mass is 169 g/mol. The maximum absolute atomic E-state index is 12.4. The number of benzene rings is 1. The fourth-order valence-corrected chi connectivity index (χ4v) is 0.871. The Morgan fingerprint density at radius 3 is 2.42 bits per heavy atom. The van der Waals surface area contributed by atoms with Crippen molar-refractivity contribution in [1.29, 1.82) is 0 Å². The molecule has 4 heteroatoms. The van der Waals surface area contributed by atoms with Gasteiger partial charge >= 0.3 is 0 Å². The average Bonchev–Trinajstić information content (AvgIpc) is 2.03. The van der Waals surface area contributed by atoms with Gasteiger partial charge in [0.15, 0.2) is 0 Å². The van der Waals surface area contributed by atoms with Gasteiger partial charge in [-0.2, -0.15) is 0 Å². The molecule has 0 radical (unpaired) electrons. The van der Waals surface area contributed by atoms with E-state index in [-0.39, 0.29) is 17.3 Å². The van der Waals surface area contributed by atoms with Crippen LogP contribution in [0.5, 0.6) is 0 Å². The summed E-state index contributed by atoms with van der Waals surface area (Å²) in [5.41, 5.74) is 0.785. The van der Waals surface area contributed by atoms with E-state index in [1.807, 2.05) is 0 Å². The molecule has 1 rings (SSSR count). The number of rotatable bonds is 3. The van der Waals surface area contributed by atoms with E-state index in [1.54, 1.807) is 12.1 Å². The second-order valence-corrected chi connectivity index (χ2v) is 2.43. The third-order valence-electron chi connectivity index (χ3n) is 1.50. The molecule has 0 N–H and O–H groups in total. The molecule has 12 heavy (non-hydrogen) atoms. The second kappa shape index (κ2) is 3.80. The second-order valence-electron chi connectivity index (χ2n) is 2.43. The van der Waals surface area contributed by atoms with Crippen molar-refractivity contribution in [2.75, 3.05) is 6.54 Å². The fourth-order valence-electron chi connectivity index (χ4n) is 0.871. The quantitative estimate of drug-likeness (QED) is 0.510. The minimum Gasteiger partial charge on any atom is -0.265 e. The minimum atomic E-state index is -0.386. The Morgan fingerprint density at radius 2 is 1.92 bits per heavy atom. The molecule has 0 aromatic heterocycles. The zero-order valence-corrected chi connectivity index (χ0v) is 6.37. The molecule has 0 saturated carbocycles. The molecule has 0 aliphatic rings. The first kappa shape index (κ1) is 8.64. The summed E-state index contributed by atoms with van der Waals surface area (Å²) in [6.45, 7) is -0.106. The molecule has 0 spiro atoms. The van der Waals surface area contributed by atoms with Crippen molar-refractivity contribution < 1.29 is 9.31 Å². The van der Waals surface area contributed by atoms with Gasteiger partial charge in [-0.15, -0.1) is 0 Å². The number of hydrogen-bond donors (Lipinski definition) is 0. The maximum Gasteiger partial charge on any atom is 0.207 e. The third kappa shape index (κ3) is 2.65. The molecule has 0 aliphatic heterocycles. The summed E-state index contributed by atoms with van der Waals surface area (Å²) in [6, 6.07) is 5.71. The predicted octanol–water partition coefficient (Wildman–Crippen LogP) is 1.64. The molecule has 0 fully saturated rings. The lowest BCUT2D eigenvalue weighted by molar-refractivity contribution is -0.479. The molecule has 0 bridgehead atoms. The summed E-state index contributed by atoms with van der Waals surface area (Å²) in [5.74, 6) is -0.320. The van der Waals surface area contributed by atoms with Gasteiger partial charge in [-0.3, -0.25) is 10.1 Å². The smallest absolute Gasteiger partial charge is 0.207 e. The van der Waals surface area contributed by atoms with Crippen LogP contribution in [0.2, 0.25) is 0 Å². The van der Waals surface area contributed by atoms with Gasteiger partial charge < -0.3 is 0 Å². The van der Waals surface area contributed by atoms with E-state index in [9.17, 15) is 14.5 Å². The molecule has 0 aliphatic carbocycles. The van der Waals surface area contributed by atoms with Gasteiger partial charge in [0.1, 0.15) is 5.82 Å². The molecule has 0 amide bonds. The summed E-state index contributed by atoms with van der Waals surface area (Å²) in [6.07, 6.45) is 0.354. The van der Waals surface area contributed by atoms with E-state index in [0.717, 1.165) is 5.56 Å². The Morgan fingerprint density at radius 1 is 1.33 bits per heavy atom. The van der Waals surface area contributed by atoms with Crippen molar-refractivity contribution in [2.45, 2.75) is 6.42 Å². The summed E-state index contributed by atoms with van der Waals surface area (Å²) < 4.78 is 12.4. The fraction of sp³-hybridized carbons (Fsp3) is 0.250. The first-order valence-corrected chi connectivity index (χ1v) is 3.55. The summed E-state index contributed by atoms with van der Waals surface area (Å²) in [4.78, 5) is 9.59. The van der Waals surface area contributed by atoms with Gasteiger partial charge in [-0.05, 0) is 17.7 Å². The van der Waals surface area contributed by atoms with Crippen molar-refractivity contribution in [3.05, 3.63) is 45.8 Å². The van der Waals surface area contributed by atoms with Gasteiger partial charge in [-0.25, -0.2) is 4.39 Å². The Balaban J connectivity index is 2.53. The van der Waals surface area contributed by atoms with Crippen LogP contribution < -0.4 is 0 Å². The maximum atomic E-state index is 12.4. The Kier molecular flexibility index (Phi) is 2.74. The summed E-state index contributed by atoms with van der Waals surface area (Å²) in [7, 11) is 0. The molecule has 0 atom stereocenters. The number of nitrogens with zero attached hydrogens (tertiary/aromatic N) is 1. The van der Waals surface area contributed by atoms with E-state index >= 15 is 0 Å². The van der Waals surface area contributed by atoms with E-state index in [2.05, 4.69) is 0 Å². The first-order valence-electron chi connectivity index (χ1n) is 3.55. The molecular formula is C8H8FNO2. The normalized spacial score (nSPS) is 9.75. The largest absolute Gasteiger partial charge is 0.265 e. The molecule has 3 nitrogen and oxygen atoms in total. The molecule has 1 aromatic rings. The van der Waals surface area contributed by atoms with Crippen LogP contribution in [-0.4, -0.2) is 11.5 Å². The Hall–Kier alpha value is -1.45. The molecular weight excluding hydrogens is 161 g/mol. The van der Waals surface area contributed by atoms with Crippen molar-refractivity contribution in [3.63, 3.8) is 0 Å². The highest BCUT2D eigenvalue weighted by molar-refractivity contribution is 5.15. The number of hydrogen-bond acceptors (Lipinski definition) is 2. The predicted molar refractivity (Wildman–Crippen MR) is 42.0 cm³/mol. The Bertz CT molecular complexity index is 271.